The highest BCUT2D eigenvalue weighted by Gasteiger charge is 2.52. The molecule has 9 nitrogen and oxygen atoms in total. The summed E-state index contributed by atoms with van der Waals surface area (Å²) in [6.45, 7) is -2.75. The van der Waals surface area contributed by atoms with Gasteiger partial charge in [0.25, 0.3) is 11.8 Å². The second-order valence-electron chi connectivity index (χ2n) is 8.50. The Morgan fingerprint density at radius 1 is 1.32 bits per heavy atom. The molecule has 2 aromatic heterocycles. The summed E-state index contributed by atoms with van der Waals surface area (Å²) in [7, 11) is -3.64. The van der Waals surface area contributed by atoms with Crippen LogP contribution in [0.2, 0.25) is 0 Å². The summed E-state index contributed by atoms with van der Waals surface area (Å²) in [5, 5.41) is 6.49. The van der Waals surface area contributed by atoms with Crippen LogP contribution in [-0.4, -0.2) is 54.3 Å². The minimum Gasteiger partial charge on any atom is -0.338 e. The number of aromatic nitrogens is 3. The van der Waals surface area contributed by atoms with E-state index in [4.69, 9.17) is 4.11 Å². The number of carbonyl (C=O) groups excluding carboxylic acids is 2. The van der Waals surface area contributed by atoms with Gasteiger partial charge in [-0.25, -0.2) is 17.8 Å². The van der Waals surface area contributed by atoms with Crippen LogP contribution in [0.5, 0.6) is 0 Å². The lowest BCUT2D eigenvalue weighted by molar-refractivity contribution is -0.120. The number of hydrogen-bond acceptors (Lipinski definition) is 6. The van der Waals surface area contributed by atoms with E-state index in [0.717, 1.165) is 24.2 Å². The third-order valence-electron chi connectivity index (χ3n) is 6.07. The molecule has 2 amide bonds. The van der Waals surface area contributed by atoms with Gasteiger partial charge in [0.05, 0.1) is 17.6 Å². The summed E-state index contributed by atoms with van der Waals surface area (Å²) < 4.78 is 63.7. The van der Waals surface area contributed by atoms with Crippen LogP contribution in [-0.2, 0) is 21.2 Å². The molecule has 1 saturated carbocycles. The van der Waals surface area contributed by atoms with E-state index in [1.54, 1.807) is 0 Å². The molecule has 5 rings (SSSR count). The van der Waals surface area contributed by atoms with Gasteiger partial charge >= 0.3 is 0 Å². The molecule has 0 unspecified atom stereocenters. The Morgan fingerprint density at radius 2 is 2.09 bits per heavy atom. The van der Waals surface area contributed by atoms with E-state index in [-0.39, 0.29) is 17.3 Å². The average Bonchev–Trinajstić information content (AvgIpc) is 3.52. The molecule has 1 aliphatic heterocycles. The number of halogens is 1. The summed E-state index contributed by atoms with van der Waals surface area (Å²) in [5.41, 5.74) is 0.608. The van der Waals surface area contributed by atoms with E-state index in [2.05, 4.69) is 15.4 Å². The van der Waals surface area contributed by atoms with Gasteiger partial charge in [-0.2, -0.15) is 5.10 Å². The number of benzene rings is 1. The van der Waals surface area contributed by atoms with Gasteiger partial charge in [-0.1, -0.05) is 30.3 Å². The summed E-state index contributed by atoms with van der Waals surface area (Å²) in [4.78, 5) is 30.9. The fourth-order valence-corrected chi connectivity index (χ4v) is 4.85. The standard InChI is InChI=1S/C23H22FN5O4S/c1-28-21-17(8-14(10-25-21)34(2,32)33)15-9-16(15)19(23(28)31)26-22(30)20-18(24)12-29(27-20)11-13-6-4-3-5-7-13/h3-8,10,12,15-16,19H,9,11H2,1-2H3,(H,26,30)/t15-,16+,19+/m1/s1/i1D3. The molecule has 1 aliphatic carbocycles. The van der Waals surface area contributed by atoms with Crippen LogP contribution >= 0.6 is 0 Å². The number of rotatable bonds is 5. The fourth-order valence-electron chi connectivity index (χ4n) is 4.26. The van der Waals surface area contributed by atoms with Crippen LogP contribution in [0, 0.1) is 11.7 Å². The molecule has 1 N–H and O–H groups in total. The maximum atomic E-state index is 14.6. The van der Waals surface area contributed by atoms with E-state index in [1.165, 1.54) is 10.7 Å². The molecule has 3 heterocycles. The van der Waals surface area contributed by atoms with Crippen LogP contribution in [0.4, 0.5) is 10.2 Å². The quantitative estimate of drug-likeness (QED) is 0.588. The van der Waals surface area contributed by atoms with Crippen LogP contribution in [0.25, 0.3) is 0 Å². The highest BCUT2D eigenvalue weighted by Crippen LogP contribution is 2.54. The SMILES string of the molecule is [2H]C([2H])([2H])N1C(=O)[C@@H](NC(=O)c2nn(Cc3ccccc3)cc2F)[C@H]2C[C@H]2c2cc(S(C)(=O)=O)cnc21. The highest BCUT2D eigenvalue weighted by atomic mass is 32.2. The van der Waals surface area contributed by atoms with Crippen molar-refractivity contribution in [3.63, 3.8) is 0 Å². The first-order valence-electron chi connectivity index (χ1n) is 12.0. The molecule has 3 aromatic rings. The number of amides is 2. The zero-order valence-electron chi connectivity index (χ0n) is 21.0. The first-order chi connectivity index (χ1) is 17.3. The Hall–Kier alpha value is -3.60. The smallest absolute Gasteiger partial charge is 0.275 e. The van der Waals surface area contributed by atoms with Crippen LogP contribution in [0.1, 0.15) is 38.1 Å². The van der Waals surface area contributed by atoms with Crippen molar-refractivity contribution in [3.05, 3.63) is 71.4 Å². The van der Waals surface area contributed by atoms with E-state index < -0.39 is 58.0 Å². The maximum Gasteiger partial charge on any atom is 0.275 e. The monoisotopic (exact) mass is 486 g/mol. The van der Waals surface area contributed by atoms with Crippen molar-refractivity contribution >= 4 is 27.5 Å². The normalized spacial score (nSPS) is 23.1. The average molecular weight is 487 g/mol. The van der Waals surface area contributed by atoms with Crippen molar-refractivity contribution in [2.75, 3.05) is 18.1 Å². The van der Waals surface area contributed by atoms with Gasteiger partial charge in [-0.3, -0.25) is 19.2 Å². The van der Waals surface area contributed by atoms with Gasteiger partial charge in [0.15, 0.2) is 21.3 Å². The Balaban J connectivity index is 1.45. The van der Waals surface area contributed by atoms with Crippen molar-refractivity contribution < 1.29 is 26.5 Å². The van der Waals surface area contributed by atoms with Crippen LogP contribution < -0.4 is 10.2 Å². The van der Waals surface area contributed by atoms with Gasteiger partial charge in [0.1, 0.15) is 11.9 Å². The molecule has 0 spiro atoms. The fraction of sp³-hybridized carbons (Fsp3) is 0.304. The predicted molar refractivity (Wildman–Crippen MR) is 121 cm³/mol. The van der Waals surface area contributed by atoms with Gasteiger partial charge in [0.2, 0.25) is 0 Å². The minimum absolute atomic E-state index is 0.108. The van der Waals surface area contributed by atoms with Gasteiger partial charge in [-0.15, -0.1) is 0 Å². The Labute approximate surface area is 199 Å². The molecule has 11 heteroatoms. The first-order valence-corrected chi connectivity index (χ1v) is 12.4. The molecule has 0 saturated heterocycles. The molecule has 34 heavy (non-hydrogen) atoms. The lowest BCUT2D eigenvalue weighted by atomic mass is 10.1. The van der Waals surface area contributed by atoms with Gasteiger partial charge in [-0.05, 0) is 35.4 Å². The number of sulfone groups is 1. The predicted octanol–water partition coefficient (Wildman–Crippen LogP) is 1.75. The van der Waals surface area contributed by atoms with Crippen molar-refractivity contribution in [1.29, 1.82) is 0 Å². The topological polar surface area (TPSA) is 114 Å². The van der Waals surface area contributed by atoms with E-state index in [0.29, 0.717) is 16.9 Å². The number of anilines is 1. The molecule has 0 radical (unpaired) electrons. The summed E-state index contributed by atoms with van der Waals surface area (Å²) >= 11 is 0. The summed E-state index contributed by atoms with van der Waals surface area (Å²) in [5.74, 6) is -3.91. The van der Waals surface area contributed by atoms with Crippen LogP contribution in [0.3, 0.4) is 0 Å². The number of carbonyl (C=O) groups is 2. The maximum absolute atomic E-state index is 14.6. The Bertz CT molecular complexity index is 1510. The third-order valence-corrected chi connectivity index (χ3v) is 7.15. The third kappa shape index (κ3) is 3.96. The Kier molecular flexibility index (Phi) is 4.43. The number of fused-ring (bicyclic) bond motifs is 3. The number of nitrogens with one attached hydrogen (secondary N) is 1. The molecule has 2 aliphatic rings. The largest absolute Gasteiger partial charge is 0.338 e. The number of pyridine rings is 1. The zero-order valence-corrected chi connectivity index (χ0v) is 18.8. The van der Waals surface area contributed by atoms with Crippen LogP contribution in [0.15, 0.2) is 53.7 Å². The lowest BCUT2D eigenvalue weighted by Gasteiger charge is -2.22. The lowest BCUT2D eigenvalue weighted by Crippen LogP contribution is -2.48. The molecule has 176 valence electrons. The Morgan fingerprint density at radius 3 is 2.79 bits per heavy atom. The van der Waals surface area contributed by atoms with Crippen molar-refractivity contribution in [2.24, 2.45) is 5.92 Å². The van der Waals surface area contributed by atoms with Gasteiger partial charge in [0, 0.05) is 23.5 Å². The minimum atomic E-state index is -3.64. The van der Waals surface area contributed by atoms with Crippen molar-refractivity contribution in [3.8, 4) is 0 Å². The molecule has 3 atom stereocenters. The number of likely N-dealkylation sites (N-methyl/N-ethyl adjacent to an activating group) is 1. The molecule has 1 fully saturated rings. The number of hydrogen-bond donors (Lipinski definition) is 1. The summed E-state index contributed by atoms with van der Waals surface area (Å²) in [6.07, 6.45) is 3.46. The highest BCUT2D eigenvalue weighted by molar-refractivity contribution is 7.90. The molecule has 0 bridgehead atoms. The van der Waals surface area contributed by atoms with Crippen molar-refractivity contribution in [2.45, 2.75) is 29.8 Å². The van der Waals surface area contributed by atoms with Gasteiger partial charge < -0.3 is 5.32 Å². The number of nitrogens with zero attached hydrogens (tertiary/aromatic N) is 4. The molecular formula is C23H22FN5O4S. The first kappa shape index (κ1) is 18.8. The summed E-state index contributed by atoms with van der Waals surface area (Å²) in [6, 6.07) is 9.13. The van der Waals surface area contributed by atoms with E-state index >= 15 is 0 Å². The zero-order chi connectivity index (χ0) is 26.7. The molecule has 1 aromatic carbocycles. The van der Waals surface area contributed by atoms with E-state index in [9.17, 15) is 22.4 Å². The van der Waals surface area contributed by atoms with Crippen molar-refractivity contribution in [1.82, 2.24) is 20.1 Å². The van der Waals surface area contributed by atoms with E-state index in [1.807, 2.05) is 30.3 Å². The second-order valence-corrected chi connectivity index (χ2v) is 10.5. The second kappa shape index (κ2) is 8.01. The molecular weight excluding hydrogens is 461 g/mol.